The van der Waals surface area contributed by atoms with Crippen molar-refractivity contribution in [2.45, 2.75) is 26.7 Å². The number of amides is 1. The fourth-order valence-corrected chi connectivity index (χ4v) is 2.59. The maximum atomic E-state index is 13.9. The third kappa shape index (κ3) is 3.86. The molecule has 0 unspecified atom stereocenters. The Morgan fingerprint density at radius 2 is 1.95 bits per heavy atom. The first kappa shape index (κ1) is 16.5. The van der Waals surface area contributed by atoms with Crippen LogP contribution >= 0.6 is 11.6 Å². The largest absolute Gasteiger partial charge is 0.312 e. The summed E-state index contributed by atoms with van der Waals surface area (Å²) in [6.07, 6.45) is 0.782. The van der Waals surface area contributed by atoms with Gasteiger partial charge >= 0.3 is 0 Å². The van der Waals surface area contributed by atoms with Crippen LogP contribution in [0.3, 0.4) is 0 Å². The second-order valence-corrected chi connectivity index (χ2v) is 5.67. The van der Waals surface area contributed by atoms with E-state index in [-0.39, 0.29) is 22.9 Å². The Hall–Kier alpha value is -1.87. The van der Waals surface area contributed by atoms with Crippen LogP contribution in [0.1, 0.15) is 24.5 Å². The van der Waals surface area contributed by atoms with Crippen molar-refractivity contribution in [2.24, 2.45) is 0 Å². The van der Waals surface area contributed by atoms with Gasteiger partial charge in [0.2, 0.25) is 5.91 Å². The second-order valence-electron chi connectivity index (χ2n) is 5.26. The number of carbonyl (C=O) groups excluding carboxylic acids is 1. The van der Waals surface area contributed by atoms with Crippen molar-refractivity contribution in [3.05, 3.63) is 64.4 Å². The molecular weight excluding hydrogens is 301 g/mol. The summed E-state index contributed by atoms with van der Waals surface area (Å²) < 4.78 is 13.9. The molecule has 22 heavy (non-hydrogen) atoms. The lowest BCUT2D eigenvalue weighted by molar-refractivity contribution is -0.118. The fourth-order valence-electron chi connectivity index (χ4n) is 2.37. The summed E-state index contributed by atoms with van der Waals surface area (Å²) in [6, 6.07) is 12.2. The predicted octanol–water partition coefficient (Wildman–Crippen LogP) is 4.77. The summed E-state index contributed by atoms with van der Waals surface area (Å²) >= 11 is 6.02. The van der Waals surface area contributed by atoms with Crippen LogP contribution in [0, 0.1) is 12.7 Å². The lowest BCUT2D eigenvalue weighted by Crippen LogP contribution is -2.33. The highest BCUT2D eigenvalue weighted by Gasteiger charge is 2.18. The number of nitrogens with zero attached hydrogens (tertiary/aromatic N) is 1. The third-order valence-electron chi connectivity index (χ3n) is 3.45. The molecule has 1 amide bonds. The maximum absolute atomic E-state index is 13.9. The molecule has 0 aliphatic carbocycles. The van der Waals surface area contributed by atoms with Gasteiger partial charge in [0.05, 0.1) is 6.42 Å². The lowest BCUT2D eigenvalue weighted by Gasteiger charge is -2.23. The highest BCUT2D eigenvalue weighted by molar-refractivity contribution is 6.31. The Morgan fingerprint density at radius 1 is 1.23 bits per heavy atom. The molecule has 4 heteroatoms. The van der Waals surface area contributed by atoms with Crippen molar-refractivity contribution >= 4 is 23.2 Å². The third-order valence-corrected chi connectivity index (χ3v) is 3.81. The highest BCUT2D eigenvalue weighted by atomic mass is 35.5. The summed E-state index contributed by atoms with van der Waals surface area (Å²) in [6.45, 7) is 4.58. The molecule has 0 radical (unpaired) electrons. The molecule has 0 bridgehead atoms. The molecule has 2 aromatic rings. The van der Waals surface area contributed by atoms with Gasteiger partial charge in [-0.2, -0.15) is 0 Å². The summed E-state index contributed by atoms with van der Waals surface area (Å²) in [5.74, 6) is -0.596. The van der Waals surface area contributed by atoms with Crippen molar-refractivity contribution in [3.63, 3.8) is 0 Å². The molecule has 0 heterocycles. The van der Waals surface area contributed by atoms with Gasteiger partial charge in [0.25, 0.3) is 0 Å². The summed E-state index contributed by atoms with van der Waals surface area (Å²) in [5, 5.41) is 0.286. The summed E-state index contributed by atoms with van der Waals surface area (Å²) in [7, 11) is 0. The first-order valence-electron chi connectivity index (χ1n) is 7.33. The van der Waals surface area contributed by atoms with Gasteiger partial charge in [0.15, 0.2) is 0 Å². The smallest absolute Gasteiger partial charge is 0.231 e. The van der Waals surface area contributed by atoms with E-state index in [2.05, 4.69) is 0 Å². The van der Waals surface area contributed by atoms with Crippen LogP contribution in [0.4, 0.5) is 10.1 Å². The number of hydrogen-bond donors (Lipinski definition) is 0. The second kappa shape index (κ2) is 7.41. The Bertz CT molecular complexity index is 652. The van der Waals surface area contributed by atoms with E-state index in [1.54, 1.807) is 11.0 Å². The number of carbonyl (C=O) groups is 1. The first-order valence-corrected chi connectivity index (χ1v) is 7.70. The van der Waals surface area contributed by atoms with E-state index in [1.165, 1.54) is 12.1 Å². The molecule has 0 saturated heterocycles. The topological polar surface area (TPSA) is 20.3 Å². The SMILES string of the molecule is CCCN(C(=O)Cc1c(F)cccc1Cl)c1cccc(C)c1. The zero-order valence-corrected chi connectivity index (χ0v) is 13.5. The van der Waals surface area contributed by atoms with Crippen molar-refractivity contribution in [1.82, 2.24) is 0 Å². The van der Waals surface area contributed by atoms with Crippen molar-refractivity contribution < 1.29 is 9.18 Å². The number of anilines is 1. The van der Waals surface area contributed by atoms with E-state index in [9.17, 15) is 9.18 Å². The van der Waals surface area contributed by atoms with E-state index in [1.807, 2.05) is 38.1 Å². The minimum Gasteiger partial charge on any atom is -0.312 e. The van der Waals surface area contributed by atoms with Crippen LogP contribution in [0.25, 0.3) is 0 Å². The Kier molecular flexibility index (Phi) is 5.56. The van der Waals surface area contributed by atoms with Gasteiger partial charge in [0.1, 0.15) is 5.82 Å². The van der Waals surface area contributed by atoms with E-state index < -0.39 is 5.82 Å². The van der Waals surface area contributed by atoms with Crippen molar-refractivity contribution in [1.29, 1.82) is 0 Å². The van der Waals surface area contributed by atoms with Gasteiger partial charge in [-0.1, -0.05) is 36.7 Å². The van der Waals surface area contributed by atoms with Crippen LogP contribution in [0.5, 0.6) is 0 Å². The minimum atomic E-state index is -0.443. The van der Waals surface area contributed by atoms with Crippen molar-refractivity contribution in [2.75, 3.05) is 11.4 Å². The Labute approximate surface area is 135 Å². The maximum Gasteiger partial charge on any atom is 0.231 e. The average Bonchev–Trinajstić information content (AvgIpc) is 2.48. The number of hydrogen-bond acceptors (Lipinski definition) is 1. The molecule has 0 aromatic heterocycles. The molecule has 0 aliphatic rings. The lowest BCUT2D eigenvalue weighted by atomic mass is 10.1. The highest BCUT2D eigenvalue weighted by Crippen LogP contribution is 2.22. The van der Waals surface area contributed by atoms with E-state index in [4.69, 9.17) is 11.6 Å². The molecule has 0 saturated carbocycles. The van der Waals surface area contributed by atoms with Crippen molar-refractivity contribution in [3.8, 4) is 0 Å². The zero-order valence-electron chi connectivity index (χ0n) is 12.8. The van der Waals surface area contributed by atoms with Crippen LogP contribution in [0.15, 0.2) is 42.5 Å². The molecular formula is C18H19ClFNO. The molecule has 0 spiro atoms. The Balaban J connectivity index is 2.27. The quantitative estimate of drug-likeness (QED) is 0.777. The molecule has 0 fully saturated rings. The summed E-state index contributed by atoms with van der Waals surface area (Å²) in [5.41, 5.74) is 2.16. The zero-order chi connectivity index (χ0) is 16.1. The van der Waals surface area contributed by atoms with Gasteiger partial charge in [0, 0.05) is 22.8 Å². The van der Waals surface area contributed by atoms with E-state index in [0.29, 0.717) is 6.54 Å². The molecule has 0 atom stereocenters. The van der Waals surface area contributed by atoms with Gasteiger partial charge in [-0.25, -0.2) is 4.39 Å². The molecule has 0 aliphatic heterocycles. The van der Waals surface area contributed by atoms with E-state index >= 15 is 0 Å². The molecule has 0 N–H and O–H groups in total. The molecule has 2 aromatic carbocycles. The number of halogens is 2. The summed E-state index contributed by atoms with van der Waals surface area (Å²) in [4.78, 5) is 14.3. The minimum absolute atomic E-state index is 0.0422. The van der Waals surface area contributed by atoms with Gasteiger partial charge in [-0.15, -0.1) is 0 Å². The predicted molar refractivity (Wildman–Crippen MR) is 88.9 cm³/mol. The normalized spacial score (nSPS) is 10.5. The van der Waals surface area contributed by atoms with Gasteiger partial charge in [-0.05, 0) is 43.2 Å². The molecule has 2 nitrogen and oxygen atoms in total. The van der Waals surface area contributed by atoms with Gasteiger partial charge in [-0.3, -0.25) is 4.79 Å². The molecule has 2 rings (SSSR count). The fraction of sp³-hybridized carbons (Fsp3) is 0.278. The number of aryl methyl sites for hydroxylation is 1. The first-order chi connectivity index (χ1) is 10.5. The number of rotatable bonds is 5. The standard InChI is InChI=1S/C18H19ClFNO/c1-3-10-21(14-7-4-6-13(2)11-14)18(22)12-15-16(19)8-5-9-17(15)20/h4-9,11H,3,10,12H2,1-2H3. The van der Waals surface area contributed by atoms with Crippen LogP contribution in [-0.4, -0.2) is 12.5 Å². The Morgan fingerprint density at radius 3 is 2.59 bits per heavy atom. The van der Waals surface area contributed by atoms with Crippen LogP contribution in [0.2, 0.25) is 5.02 Å². The van der Waals surface area contributed by atoms with Crippen LogP contribution in [-0.2, 0) is 11.2 Å². The molecule has 116 valence electrons. The van der Waals surface area contributed by atoms with Gasteiger partial charge < -0.3 is 4.90 Å². The van der Waals surface area contributed by atoms with Crippen LogP contribution < -0.4 is 4.90 Å². The van der Waals surface area contributed by atoms with E-state index in [0.717, 1.165) is 17.7 Å². The average molecular weight is 320 g/mol. The monoisotopic (exact) mass is 319 g/mol. The number of benzene rings is 2.